The van der Waals surface area contributed by atoms with E-state index in [9.17, 15) is 9.59 Å². The van der Waals surface area contributed by atoms with Gasteiger partial charge in [-0.05, 0) is 75.4 Å². The maximum atomic E-state index is 13.7. The molecule has 2 bridgehead atoms. The molecule has 1 aromatic carbocycles. The molecular weight excluding hydrogens is 542 g/mol. The Hall–Kier alpha value is -4.31. The van der Waals surface area contributed by atoms with Crippen LogP contribution in [0.4, 0.5) is 5.82 Å². The van der Waals surface area contributed by atoms with Crippen molar-refractivity contribution in [2.24, 2.45) is 0 Å². The Kier molecular flexibility index (Phi) is 5.72. The van der Waals surface area contributed by atoms with Crippen LogP contribution in [0.3, 0.4) is 0 Å². The Balaban J connectivity index is 1.23. The number of allylic oxidation sites excluding steroid dienone is 2. The first-order valence-electron chi connectivity index (χ1n) is 15.2. The average molecular weight is 578 g/mol. The highest BCUT2D eigenvalue weighted by Gasteiger charge is 2.48. The SMILES string of the molecule is CN1Cc2cc(Cc3ncc4c(=O)n5n(c4n3)-c3ccc4c(n3)N(CCC/C=C\C5)C(=O)C(C)(C)O4)ccc2C2(CC2)C1. The van der Waals surface area contributed by atoms with Gasteiger partial charge < -0.3 is 9.64 Å². The summed E-state index contributed by atoms with van der Waals surface area (Å²) in [5, 5.41) is 0.430. The number of ether oxygens (including phenoxy) is 1. The van der Waals surface area contributed by atoms with Gasteiger partial charge in [0.05, 0.1) is 6.54 Å². The zero-order chi connectivity index (χ0) is 29.5. The van der Waals surface area contributed by atoms with E-state index >= 15 is 0 Å². The molecule has 6 heterocycles. The van der Waals surface area contributed by atoms with E-state index in [0.29, 0.717) is 59.2 Å². The third kappa shape index (κ3) is 4.22. The van der Waals surface area contributed by atoms with Crippen LogP contribution in [0.25, 0.3) is 16.9 Å². The summed E-state index contributed by atoms with van der Waals surface area (Å²) in [7, 11) is 2.20. The van der Waals surface area contributed by atoms with Crippen LogP contribution in [0.5, 0.6) is 5.75 Å². The fourth-order valence-corrected chi connectivity index (χ4v) is 7.08. The van der Waals surface area contributed by atoms with Gasteiger partial charge in [-0.1, -0.05) is 30.4 Å². The van der Waals surface area contributed by atoms with Gasteiger partial charge in [-0.2, -0.15) is 0 Å². The van der Waals surface area contributed by atoms with Crippen molar-refractivity contribution < 1.29 is 9.53 Å². The quantitative estimate of drug-likeness (QED) is 0.333. The largest absolute Gasteiger partial charge is 0.474 e. The zero-order valence-corrected chi connectivity index (χ0v) is 24.8. The van der Waals surface area contributed by atoms with Crippen molar-refractivity contribution in [1.29, 1.82) is 0 Å². The number of carbonyl (C=O) groups excluding carboxylic acids is 1. The van der Waals surface area contributed by atoms with E-state index < -0.39 is 5.60 Å². The number of amides is 1. The summed E-state index contributed by atoms with van der Waals surface area (Å²) < 4.78 is 9.47. The molecule has 8 rings (SSSR count). The maximum absolute atomic E-state index is 13.7. The normalized spacial score (nSPS) is 21.0. The first-order valence-corrected chi connectivity index (χ1v) is 15.2. The molecule has 1 aliphatic carbocycles. The minimum absolute atomic E-state index is 0.131. The number of likely N-dealkylation sites (N-methyl/N-ethyl adjacent to an activating group) is 1. The third-order valence-electron chi connectivity index (χ3n) is 9.32. The fourth-order valence-electron chi connectivity index (χ4n) is 7.08. The molecule has 1 spiro atoms. The fraction of sp³-hybridized carbons (Fsp3) is 0.424. The number of benzene rings is 1. The van der Waals surface area contributed by atoms with Gasteiger partial charge in [0.25, 0.3) is 11.5 Å². The van der Waals surface area contributed by atoms with Gasteiger partial charge >= 0.3 is 0 Å². The molecule has 43 heavy (non-hydrogen) atoms. The van der Waals surface area contributed by atoms with Gasteiger partial charge in [-0.3, -0.25) is 14.5 Å². The topological polar surface area (TPSA) is 98.4 Å². The summed E-state index contributed by atoms with van der Waals surface area (Å²) in [6.45, 7) is 6.55. The molecule has 3 aliphatic heterocycles. The summed E-state index contributed by atoms with van der Waals surface area (Å²) >= 11 is 0. The number of hydrogen-bond acceptors (Lipinski definition) is 7. The van der Waals surface area contributed by atoms with Crippen molar-refractivity contribution in [2.45, 2.75) is 70.1 Å². The van der Waals surface area contributed by atoms with Crippen LogP contribution in [0, 0.1) is 0 Å². The van der Waals surface area contributed by atoms with Crippen LogP contribution in [0.1, 0.15) is 62.0 Å². The molecule has 220 valence electrons. The predicted octanol–water partition coefficient (Wildman–Crippen LogP) is 3.90. The van der Waals surface area contributed by atoms with Crippen molar-refractivity contribution in [3.8, 4) is 11.6 Å². The number of rotatable bonds is 2. The summed E-state index contributed by atoms with van der Waals surface area (Å²) in [4.78, 5) is 45.7. The van der Waals surface area contributed by atoms with Crippen LogP contribution < -0.4 is 15.2 Å². The van der Waals surface area contributed by atoms with E-state index in [1.807, 2.05) is 18.2 Å². The predicted molar refractivity (Wildman–Crippen MR) is 163 cm³/mol. The molecule has 0 atom stereocenters. The second kappa shape index (κ2) is 9.34. The number of aromatic nitrogens is 5. The minimum Gasteiger partial charge on any atom is -0.474 e. The molecule has 0 unspecified atom stereocenters. The minimum atomic E-state index is -0.987. The highest BCUT2D eigenvalue weighted by atomic mass is 16.5. The molecule has 3 aromatic heterocycles. The lowest BCUT2D eigenvalue weighted by atomic mass is 9.86. The van der Waals surface area contributed by atoms with E-state index in [1.165, 1.54) is 24.0 Å². The molecular formula is C33H35N7O3. The Morgan fingerprint density at radius 1 is 1.05 bits per heavy atom. The Morgan fingerprint density at radius 2 is 1.91 bits per heavy atom. The smallest absolute Gasteiger partial charge is 0.278 e. The highest BCUT2D eigenvalue weighted by Crippen LogP contribution is 2.52. The second-order valence-electron chi connectivity index (χ2n) is 13.0. The van der Waals surface area contributed by atoms with E-state index in [0.717, 1.165) is 31.5 Å². The van der Waals surface area contributed by atoms with Gasteiger partial charge in [-0.25, -0.2) is 24.3 Å². The van der Waals surface area contributed by atoms with Gasteiger partial charge in [0.15, 0.2) is 28.6 Å². The highest BCUT2D eigenvalue weighted by molar-refractivity contribution is 6.01. The van der Waals surface area contributed by atoms with Crippen molar-refractivity contribution in [1.82, 2.24) is 29.2 Å². The Labute approximate surface area is 249 Å². The van der Waals surface area contributed by atoms with E-state index in [1.54, 1.807) is 34.3 Å². The number of pyridine rings is 1. The number of nitrogens with zero attached hydrogens (tertiary/aromatic N) is 7. The first-order chi connectivity index (χ1) is 20.7. The molecule has 0 saturated heterocycles. The van der Waals surface area contributed by atoms with Gasteiger partial charge in [-0.15, -0.1) is 0 Å². The van der Waals surface area contributed by atoms with Crippen LogP contribution in [-0.4, -0.2) is 60.9 Å². The standard InChI is InChI=1S/C33H35N7O3/c1-32(2)31(42)38-14-6-4-5-7-15-39-30(41)23-18-34-26(35-28(23)40(39)27-11-10-25(43-32)29(38)36-27)17-21-8-9-24-22(16-21)19-37(3)20-33(24)12-13-33/h5,7-11,16,18H,4,6,12-15,17,19-20H2,1-3H3/b7-5-. The Bertz CT molecular complexity index is 1900. The number of hydrogen-bond donors (Lipinski definition) is 0. The lowest BCUT2D eigenvalue weighted by Crippen LogP contribution is -2.53. The van der Waals surface area contributed by atoms with Gasteiger partial charge in [0.2, 0.25) is 0 Å². The molecule has 1 saturated carbocycles. The van der Waals surface area contributed by atoms with Crippen molar-refractivity contribution in [2.75, 3.05) is 25.0 Å². The monoisotopic (exact) mass is 577 g/mol. The van der Waals surface area contributed by atoms with Crippen molar-refractivity contribution in [3.63, 3.8) is 0 Å². The first kappa shape index (κ1) is 26.3. The van der Waals surface area contributed by atoms with Crippen LogP contribution >= 0.6 is 0 Å². The third-order valence-corrected chi connectivity index (χ3v) is 9.32. The molecule has 10 nitrogen and oxygen atoms in total. The number of carbonyl (C=O) groups is 1. The number of anilines is 1. The summed E-state index contributed by atoms with van der Waals surface area (Å²) in [6, 6.07) is 10.5. The Morgan fingerprint density at radius 3 is 2.74 bits per heavy atom. The van der Waals surface area contributed by atoms with Crippen LogP contribution in [-0.2, 0) is 29.7 Å². The summed E-state index contributed by atoms with van der Waals surface area (Å²) in [6.07, 6.45) is 10.3. The molecule has 1 fully saturated rings. The van der Waals surface area contributed by atoms with Crippen molar-refractivity contribution >= 4 is 22.8 Å². The molecule has 1 amide bonds. The summed E-state index contributed by atoms with van der Waals surface area (Å²) in [5.41, 5.74) is 3.71. The molecule has 10 heteroatoms. The van der Waals surface area contributed by atoms with Crippen LogP contribution in [0.15, 0.2) is 53.5 Å². The van der Waals surface area contributed by atoms with E-state index in [4.69, 9.17) is 14.7 Å². The molecule has 0 radical (unpaired) electrons. The lowest BCUT2D eigenvalue weighted by Gasteiger charge is -2.38. The van der Waals surface area contributed by atoms with Gasteiger partial charge in [0.1, 0.15) is 11.2 Å². The van der Waals surface area contributed by atoms with E-state index in [2.05, 4.69) is 41.2 Å². The van der Waals surface area contributed by atoms with Gasteiger partial charge in [0, 0.05) is 37.7 Å². The van der Waals surface area contributed by atoms with Crippen molar-refractivity contribution in [3.05, 3.63) is 81.5 Å². The average Bonchev–Trinajstić information content (AvgIpc) is 3.67. The zero-order valence-electron chi connectivity index (χ0n) is 24.8. The number of fused-ring (bicyclic) bond motifs is 7. The summed E-state index contributed by atoms with van der Waals surface area (Å²) in [5.74, 6) is 2.02. The molecule has 4 aromatic rings. The lowest BCUT2D eigenvalue weighted by molar-refractivity contribution is -0.132. The van der Waals surface area contributed by atoms with Crippen LogP contribution in [0.2, 0.25) is 0 Å². The molecule has 0 N–H and O–H groups in total. The van der Waals surface area contributed by atoms with E-state index in [-0.39, 0.29) is 11.5 Å². The molecule has 4 aliphatic rings. The maximum Gasteiger partial charge on any atom is 0.278 e. The second-order valence-corrected chi connectivity index (χ2v) is 13.0.